The van der Waals surface area contributed by atoms with Crippen LogP contribution in [0, 0.1) is 5.92 Å². The van der Waals surface area contributed by atoms with Crippen molar-refractivity contribution in [3.05, 3.63) is 87.5 Å². The highest BCUT2D eigenvalue weighted by Gasteiger charge is 2.30. The van der Waals surface area contributed by atoms with Crippen LogP contribution in [0.25, 0.3) is 10.9 Å². The van der Waals surface area contributed by atoms with Gasteiger partial charge in [-0.15, -0.1) is 11.3 Å². The molecule has 0 spiro atoms. The third-order valence-electron chi connectivity index (χ3n) is 8.32. The molecule has 3 amide bonds. The molecule has 0 unspecified atom stereocenters. The Morgan fingerprint density at radius 1 is 0.978 bits per heavy atom. The Labute approximate surface area is 275 Å². The smallest absolute Gasteiger partial charge is 0.358 e. The molecule has 0 radical (unpaired) electrons. The number of fused-ring (bicyclic) bond motifs is 1. The minimum atomic E-state index is -0.713. The van der Waals surface area contributed by atoms with Crippen molar-refractivity contribution in [1.29, 1.82) is 0 Å². The van der Waals surface area contributed by atoms with Gasteiger partial charge in [0.25, 0.3) is 0 Å². The number of aromatic nitrogens is 2. The van der Waals surface area contributed by atoms with Gasteiger partial charge in [-0.2, -0.15) is 0 Å². The maximum absolute atomic E-state index is 14.1. The third kappa shape index (κ3) is 8.54. The monoisotopic (exact) mass is 643 g/mol. The summed E-state index contributed by atoms with van der Waals surface area (Å²) in [5, 5.41) is 7.98. The van der Waals surface area contributed by atoms with Gasteiger partial charge in [0, 0.05) is 47.9 Å². The lowest BCUT2D eigenvalue weighted by molar-refractivity contribution is -0.124. The molecule has 3 heterocycles. The Morgan fingerprint density at radius 3 is 2.41 bits per heavy atom. The topological polar surface area (TPSA) is 116 Å². The van der Waals surface area contributed by atoms with E-state index in [0.29, 0.717) is 37.4 Å². The number of hydrogen-bond donors (Lipinski definition) is 3. The van der Waals surface area contributed by atoms with Crippen molar-refractivity contribution in [3.63, 3.8) is 0 Å². The number of para-hydroxylation sites is 1. The Bertz CT molecular complexity index is 1610. The second-order valence-electron chi connectivity index (χ2n) is 12.4. The van der Waals surface area contributed by atoms with Gasteiger partial charge < -0.3 is 25.3 Å². The molecule has 1 fully saturated rings. The molecule has 1 aliphatic rings. The van der Waals surface area contributed by atoms with E-state index in [0.717, 1.165) is 52.6 Å². The molecule has 10 heteroatoms. The van der Waals surface area contributed by atoms with Gasteiger partial charge in [-0.05, 0) is 49.3 Å². The number of likely N-dealkylation sites (tertiary alicyclic amines) is 1. The predicted molar refractivity (Wildman–Crippen MR) is 182 cm³/mol. The molecular weight excluding hydrogens is 598 g/mol. The minimum absolute atomic E-state index is 0.181. The van der Waals surface area contributed by atoms with Crippen molar-refractivity contribution >= 4 is 40.1 Å². The van der Waals surface area contributed by atoms with Crippen molar-refractivity contribution in [1.82, 2.24) is 25.5 Å². The molecule has 0 bridgehead atoms. The molecule has 1 aliphatic heterocycles. The van der Waals surface area contributed by atoms with E-state index in [1.165, 1.54) is 11.3 Å². The van der Waals surface area contributed by atoms with Crippen molar-refractivity contribution in [2.24, 2.45) is 5.92 Å². The van der Waals surface area contributed by atoms with E-state index < -0.39 is 18.1 Å². The van der Waals surface area contributed by atoms with Crippen LogP contribution in [-0.2, 0) is 22.4 Å². The molecule has 0 saturated carbocycles. The average molecular weight is 644 g/mol. The molecule has 2 atom stereocenters. The van der Waals surface area contributed by atoms with Crippen LogP contribution < -0.4 is 10.6 Å². The summed E-state index contributed by atoms with van der Waals surface area (Å²) >= 11 is 1.42. The number of H-pyrrole nitrogens is 1. The number of carbonyl (C=O) groups excluding carboxylic acids is 3. The van der Waals surface area contributed by atoms with E-state index >= 15 is 0 Å². The number of aromatic amines is 1. The van der Waals surface area contributed by atoms with E-state index in [4.69, 9.17) is 9.72 Å². The van der Waals surface area contributed by atoms with Crippen LogP contribution in [0.5, 0.6) is 0 Å². The first kappa shape index (κ1) is 33.2. The average Bonchev–Trinajstić information content (AvgIpc) is 3.54. The van der Waals surface area contributed by atoms with Crippen LogP contribution in [0.15, 0.2) is 60.8 Å². The van der Waals surface area contributed by atoms with E-state index in [1.807, 2.05) is 73.5 Å². The number of nitrogens with zero attached hydrogens (tertiary/aromatic N) is 2. The first-order valence-corrected chi connectivity index (χ1v) is 17.3. The summed E-state index contributed by atoms with van der Waals surface area (Å²) in [6, 6.07) is 16.5. The highest BCUT2D eigenvalue weighted by Crippen LogP contribution is 2.31. The number of nitrogens with one attached hydrogen (secondary N) is 3. The van der Waals surface area contributed by atoms with Gasteiger partial charge in [0.15, 0.2) is 5.69 Å². The maximum Gasteiger partial charge on any atom is 0.358 e. The summed E-state index contributed by atoms with van der Waals surface area (Å²) in [6.45, 7) is 7.50. The third-order valence-corrected chi connectivity index (χ3v) is 9.49. The van der Waals surface area contributed by atoms with Crippen molar-refractivity contribution in [2.75, 3.05) is 19.7 Å². The normalized spacial score (nSPS) is 14.9. The molecule has 3 N–H and O–H groups in total. The van der Waals surface area contributed by atoms with Gasteiger partial charge >= 0.3 is 12.0 Å². The second kappa shape index (κ2) is 15.9. The highest BCUT2D eigenvalue weighted by molar-refractivity contribution is 7.12. The lowest BCUT2D eigenvalue weighted by Crippen LogP contribution is -2.52. The number of benzene rings is 2. The SMILES string of the molecule is CCOC(=O)c1nc([C@@H](Cc2c[nH]c3ccccc23)NC(=O)[C@H](CC(C)C)NC(=O)N2CCCCCC2)sc1Cc1ccccc1. The fraction of sp³-hybridized carbons (Fsp3) is 0.444. The summed E-state index contributed by atoms with van der Waals surface area (Å²) in [5.74, 6) is -0.560. The number of esters is 1. The summed E-state index contributed by atoms with van der Waals surface area (Å²) in [6.07, 6.45) is 7.59. The summed E-state index contributed by atoms with van der Waals surface area (Å²) in [4.78, 5) is 51.3. The molecule has 46 heavy (non-hydrogen) atoms. The summed E-state index contributed by atoms with van der Waals surface area (Å²) in [7, 11) is 0. The Balaban J connectivity index is 1.47. The lowest BCUT2D eigenvalue weighted by atomic mass is 10.0. The molecular formula is C36H45N5O4S. The molecule has 2 aromatic heterocycles. The van der Waals surface area contributed by atoms with Crippen molar-refractivity contribution < 1.29 is 19.1 Å². The molecule has 0 aliphatic carbocycles. The van der Waals surface area contributed by atoms with Crippen LogP contribution in [0.2, 0.25) is 0 Å². The largest absolute Gasteiger partial charge is 0.461 e. The van der Waals surface area contributed by atoms with Crippen LogP contribution in [0.1, 0.15) is 90.4 Å². The van der Waals surface area contributed by atoms with E-state index in [-0.39, 0.29) is 30.2 Å². The summed E-state index contributed by atoms with van der Waals surface area (Å²) < 4.78 is 5.40. The summed E-state index contributed by atoms with van der Waals surface area (Å²) in [5.41, 5.74) is 3.35. The Kier molecular flexibility index (Phi) is 11.5. The zero-order valence-corrected chi connectivity index (χ0v) is 27.8. The number of amides is 3. The zero-order valence-electron chi connectivity index (χ0n) is 27.0. The quantitative estimate of drug-likeness (QED) is 0.147. The van der Waals surface area contributed by atoms with Crippen LogP contribution >= 0.6 is 11.3 Å². The number of ether oxygens (including phenoxy) is 1. The van der Waals surface area contributed by atoms with Gasteiger partial charge in [-0.3, -0.25) is 4.79 Å². The molecule has 5 rings (SSSR count). The minimum Gasteiger partial charge on any atom is -0.461 e. The van der Waals surface area contributed by atoms with E-state index in [1.54, 1.807) is 6.92 Å². The standard InChI is InChI=1S/C36H45N5O4S/c1-4-45-35(43)32-31(21-25-14-8-7-9-15-25)46-34(40-32)30(22-26-23-37-28-17-11-10-16-27(26)28)38-33(42)29(20-24(2)3)39-36(44)41-18-12-5-6-13-19-41/h7-11,14-17,23-24,29-30,37H,4-6,12-13,18-22H2,1-3H3,(H,38,42)(H,39,44)/t29-,30+/m0/s1. The fourth-order valence-corrected chi connectivity index (χ4v) is 7.13. The maximum atomic E-state index is 14.1. The van der Waals surface area contributed by atoms with Crippen molar-refractivity contribution in [2.45, 2.75) is 77.8 Å². The van der Waals surface area contributed by atoms with Gasteiger partial charge in [0.05, 0.1) is 12.6 Å². The molecule has 1 saturated heterocycles. The second-order valence-corrected chi connectivity index (χ2v) is 13.5. The molecule has 244 valence electrons. The Hall–Kier alpha value is -4.18. The highest BCUT2D eigenvalue weighted by atomic mass is 32.1. The Morgan fingerprint density at radius 2 is 1.70 bits per heavy atom. The van der Waals surface area contributed by atoms with Gasteiger partial charge in [0.2, 0.25) is 5.91 Å². The first-order chi connectivity index (χ1) is 22.3. The van der Waals surface area contributed by atoms with Crippen LogP contribution in [-0.4, -0.2) is 58.5 Å². The number of carbonyl (C=O) groups is 3. The van der Waals surface area contributed by atoms with E-state index in [9.17, 15) is 14.4 Å². The van der Waals surface area contributed by atoms with Gasteiger partial charge in [-0.1, -0.05) is 75.2 Å². The van der Waals surface area contributed by atoms with Crippen LogP contribution in [0.3, 0.4) is 0 Å². The van der Waals surface area contributed by atoms with Gasteiger partial charge in [-0.25, -0.2) is 14.6 Å². The molecule has 2 aromatic carbocycles. The number of rotatable bonds is 12. The number of hydrogen-bond acceptors (Lipinski definition) is 6. The van der Waals surface area contributed by atoms with E-state index in [2.05, 4.69) is 21.7 Å². The van der Waals surface area contributed by atoms with Crippen LogP contribution in [0.4, 0.5) is 4.79 Å². The number of urea groups is 1. The number of thiazole rings is 1. The zero-order chi connectivity index (χ0) is 32.5. The molecule has 9 nitrogen and oxygen atoms in total. The fourth-order valence-electron chi connectivity index (χ4n) is 5.99. The van der Waals surface area contributed by atoms with Gasteiger partial charge in [0.1, 0.15) is 11.0 Å². The predicted octanol–water partition coefficient (Wildman–Crippen LogP) is 6.79. The molecule has 4 aromatic rings. The van der Waals surface area contributed by atoms with Crippen molar-refractivity contribution in [3.8, 4) is 0 Å². The first-order valence-electron chi connectivity index (χ1n) is 16.4. The lowest BCUT2D eigenvalue weighted by Gasteiger charge is -2.27.